The summed E-state index contributed by atoms with van der Waals surface area (Å²) in [5, 5.41) is 2.81. The van der Waals surface area contributed by atoms with Gasteiger partial charge in [0.15, 0.2) is 0 Å². The van der Waals surface area contributed by atoms with E-state index < -0.39 is 0 Å². The minimum absolute atomic E-state index is 0.0398. The van der Waals surface area contributed by atoms with Crippen LogP contribution in [0.25, 0.3) is 0 Å². The minimum atomic E-state index is -0.315. The molecule has 2 saturated heterocycles. The number of nitrogens with one attached hydrogen (secondary N) is 1. The van der Waals surface area contributed by atoms with Crippen molar-refractivity contribution in [2.75, 3.05) is 26.3 Å². The maximum atomic E-state index is 11.8. The molecule has 2 aliphatic heterocycles. The van der Waals surface area contributed by atoms with Gasteiger partial charge in [-0.3, -0.25) is 4.90 Å². The molecule has 2 heterocycles. The molecule has 2 aliphatic rings. The van der Waals surface area contributed by atoms with Crippen LogP contribution in [-0.4, -0.2) is 49.4 Å². The Morgan fingerprint density at radius 1 is 1.24 bits per heavy atom. The van der Waals surface area contributed by atoms with E-state index in [9.17, 15) is 4.79 Å². The normalized spacial score (nSPS) is 20.8. The number of amides is 1. The van der Waals surface area contributed by atoms with Crippen LogP contribution < -0.4 is 5.32 Å². The average molecular weight is 290 g/mol. The van der Waals surface area contributed by atoms with Gasteiger partial charge in [0, 0.05) is 19.6 Å². The fourth-order valence-electron chi connectivity index (χ4n) is 2.76. The maximum absolute atomic E-state index is 11.8. The van der Waals surface area contributed by atoms with Crippen LogP contribution in [0.3, 0.4) is 0 Å². The first-order valence-electron chi connectivity index (χ1n) is 7.61. The molecule has 1 N–H and O–H groups in total. The molecule has 5 heteroatoms. The van der Waals surface area contributed by atoms with Crippen molar-refractivity contribution in [2.24, 2.45) is 0 Å². The number of piperidine rings is 1. The summed E-state index contributed by atoms with van der Waals surface area (Å²) in [6.07, 6.45) is 1.55. The number of carbonyl (C=O) groups excluding carboxylic acids is 1. The Kier molecular flexibility index (Phi) is 4.72. The zero-order chi connectivity index (χ0) is 14.5. The van der Waals surface area contributed by atoms with Crippen LogP contribution in [0.5, 0.6) is 0 Å². The molecule has 0 spiro atoms. The summed E-state index contributed by atoms with van der Waals surface area (Å²) < 4.78 is 10.7. The first-order valence-corrected chi connectivity index (χ1v) is 7.61. The molecule has 2 fully saturated rings. The zero-order valence-electron chi connectivity index (χ0n) is 12.2. The minimum Gasteiger partial charge on any atom is -0.446 e. The van der Waals surface area contributed by atoms with Crippen molar-refractivity contribution < 1.29 is 14.3 Å². The predicted molar refractivity (Wildman–Crippen MR) is 79.0 cm³/mol. The van der Waals surface area contributed by atoms with Crippen LogP contribution >= 0.6 is 0 Å². The number of carbonyl (C=O) groups is 1. The molecule has 0 radical (unpaired) electrons. The Morgan fingerprint density at radius 2 is 1.95 bits per heavy atom. The lowest BCUT2D eigenvalue weighted by Gasteiger charge is -2.41. The molecule has 0 bridgehead atoms. The van der Waals surface area contributed by atoms with Crippen LogP contribution in [0.2, 0.25) is 0 Å². The summed E-state index contributed by atoms with van der Waals surface area (Å²) in [6, 6.07) is 10.4. The quantitative estimate of drug-likeness (QED) is 0.918. The molecule has 0 unspecified atom stereocenters. The van der Waals surface area contributed by atoms with Gasteiger partial charge >= 0.3 is 6.09 Å². The van der Waals surface area contributed by atoms with Crippen molar-refractivity contribution in [3.63, 3.8) is 0 Å². The molecule has 21 heavy (non-hydrogen) atoms. The number of ether oxygens (including phenoxy) is 2. The number of likely N-dealkylation sites (tertiary alicyclic amines) is 1. The van der Waals surface area contributed by atoms with Gasteiger partial charge in [-0.1, -0.05) is 30.3 Å². The fourth-order valence-corrected chi connectivity index (χ4v) is 2.76. The molecule has 114 valence electrons. The number of alkyl carbamates (subject to hydrolysis) is 1. The molecule has 3 rings (SSSR count). The van der Waals surface area contributed by atoms with Crippen molar-refractivity contribution in [2.45, 2.75) is 31.5 Å². The fraction of sp³-hybridized carbons (Fsp3) is 0.562. The monoisotopic (exact) mass is 290 g/mol. The smallest absolute Gasteiger partial charge is 0.407 e. The molecule has 1 amide bonds. The van der Waals surface area contributed by atoms with Crippen LogP contribution in [0.1, 0.15) is 18.4 Å². The van der Waals surface area contributed by atoms with Crippen molar-refractivity contribution in [1.29, 1.82) is 0 Å². The Hall–Kier alpha value is -1.59. The lowest BCUT2D eigenvalue weighted by Crippen LogP contribution is -2.52. The van der Waals surface area contributed by atoms with E-state index in [-0.39, 0.29) is 12.2 Å². The van der Waals surface area contributed by atoms with E-state index >= 15 is 0 Å². The SMILES string of the molecule is O=C(NCc1ccccc1)OC1CCN(C2COC2)CC1. The van der Waals surface area contributed by atoms with Gasteiger partial charge in [0.2, 0.25) is 0 Å². The van der Waals surface area contributed by atoms with Crippen molar-refractivity contribution in [3.05, 3.63) is 35.9 Å². The topological polar surface area (TPSA) is 50.8 Å². The largest absolute Gasteiger partial charge is 0.446 e. The first kappa shape index (κ1) is 14.4. The van der Waals surface area contributed by atoms with Gasteiger partial charge in [0.05, 0.1) is 19.3 Å². The summed E-state index contributed by atoms with van der Waals surface area (Å²) in [6.45, 7) is 4.19. The van der Waals surface area contributed by atoms with E-state index in [4.69, 9.17) is 9.47 Å². The lowest BCUT2D eigenvalue weighted by atomic mass is 10.0. The summed E-state index contributed by atoms with van der Waals surface area (Å²) >= 11 is 0. The molecule has 1 aromatic rings. The predicted octanol–water partition coefficient (Wildman–Crippen LogP) is 1.78. The van der Waals surface area contributed by atoms with Crippen molar-refractivity contribution >= 4 is 6.09 Å². The summed E-state index contributed by atoms with van der Waals surface area (Å²) in [5.74, 6) is 0. The Labute approximate surface area is 125 Å². The van der Waals surface area contributed by atoms with Crippen molar-refractivity contribution in [3.8, 4) is 0 Å². The molecule has 5 nitrogen and oxygen atoms in total. The highest BCUT2D eigenvalue weighted by Gasteiger charge is 2.30. The second-order valence-corrected chi connectivity index (χ2v) is 5.67. The Bertz CT molecular complexity index is 454. The van der Waals surface area contributed by atoms with Gasteiger partial charge in [-0.05, 0) is 18.4 Å². The molecule has 0 aliphatic carbocycles. The number of rotatable bonds is 4. The molecule has 1 aromatic carbocycles. The highest BCUT2D eigenvalue weighted by atomic mass is 16.6. The van der Waals surface area contributed by atoms with E-state index in [1.54, 1.807) is 0 Å². The zero-order valence-corrected chi connectivity index (χ0v) is 12.2. The van der Waals surface area contributed by atoms with Gasteiger partial charge in [0.25, 0.3) is 0 Å². The molecule has 0 saturated carbocycles. The highest BCUT2D eigenvalue weighted by molar-refractivity contribution is 5.67. The van der Waals surface area contributed by atoms with E-state index in [2.05, 4.69) is 10.2 Å². The van der Waals surface area contributed by atoms with Gasteiger partial charge in [-0.25, -0.2) is 4.79 Å². The summed E-state index contributed by atoms with van der Waals surface area (Å²) in [7, 11) is 0. The van der Waals surface area contributed by atoms with E-state index in [0.717, 1.165) is 44.7 Å². The van der Waals surface area contributed by atoms with Crippen LogP contribution in [-0.2, 0) is 16.0 Å². The molecule has 0 aromatic heterocycles. The average Bonchev–Trinajstić information content (AvgIpc) is 2.46. The Balaban J connectivity index is 1.35. The third kappa shape index (κ3) is 3.95. The second-order valence-electron chi connectivity index (χ2n) is 5.67. The lowest BCUT2D eigenvalue weighted by molar-refractivity contribution is -0.0803. The first-order chi connectivity index (χ1) is 10.3. The van der Waals surface area contributed by atoms with Crippen LogP contribution in [0.15, 0.2) is 30.3 Å². The number of hydrogen-bond acceptors (Lipinski definition) is 4. The third-order valence-electron chi connectivity index (χ3n) is 4.17. The number of hydrogen-bond donors (Lipinski definition) is 1. The van der Waals surface area contributed by atoms with E-state index in [1.807, 2.05) is 30.3 Å². The third-order valence-corrected chi connectivity index (χ3v) is 4.17. The second kappa shape index (κ2) is 6.91. The number of nitrogens with zero attached hydrogens (tertiary/aromatic N) is 1. The molecular formula is C16H22N2O3. The molecule has 0 atom stereocenters. The number of benzene rings is 1. The van der Waals surface area contributed by atoms with Crippen LogP contribution in [0.4, 0.5) is 4.79 Å². The highest BCUT2D eigenvalue weighted by Crippen LogP contribution is 2.19. The summed E-state index contributed by atoms with van der Waals surface area (Å²) in [5.41, 5.74) is 1.08. The standard InChI is InChI=1S/C16H22N2O3/c19-16(17-10-13-4-2-1-3-5-13)21-15-6-8-18(9-7-15)14-11-20-12-14/h1-5,14-15H,6-12H2,(H,17,19). The van der Waals surface area contributed by atoms with Gasteiger partial charge in [0.1, 0.15) is 6.10 Å². The Morgan fingerprint density at radius 3 is 2.57 bits per heavy atom. The van der Waals surface area contributed by atoms with Gasteiger partial charge in [-0.2, -0.15) is 0 Å². The summed E-state index contributed by atoms with van der Waals surface area (Å²) in [4.78, 5) is 14.2. The maximum Gasteiger partial charge on any atom is 0.407 e. The van der Waals surface area contributed by atoms with Crippen LogP contribution in [0, 0.1) is 0 Å². The van der Waals surface area contributed by atoms with E-state index in [1.165, 1.54) is 0 Å². The van der Waals surface area contributed by atoms with Gasteiger partial charge < -0.3 is 14.8 Å². The molecular weight excluding hydrogens is 268 g/mol. The van der Waals surface area contributed by atoms with Gasteiger partial charge in [-0.15, -0.1) is 0 Å². The van der Waals surface area contributed by atoms with E-state index in [0.29, 0.717) is 12.6 Å². The van der Waals surface area contributed by atoms with Crippen molar-refractivity contribution in [1.82, 2.24) is 10.2 Å².